The maximum Gasteiger partial charge on any atom is 0.475 e. The Balaban J connectivity index is 1.86. The molecule has 0 radical (unpaired) electrons. The van der Waals surface area contributed by atoms with Gasteiger partial charge in [-0.2, -0.15) is 0 Å². The van der Waals surface area contributed by atoms with E-state index in [-0.39, 0.29) is 13.2 Å². The minimum absolute atomic E-state index is 0.124. The van der Waals surface area contributed by atoms with Gasteiger partial charge >= 0.3 is 7.82 Å². The van der Waals surface area contributed by atoms with Gasteiger partial charge in [-0.05, 0) is 42.7 Å². The van der Waals surface area contributed by atoms with Crippen LogP contribution in [0, 0.1) is 0 Å². The molecule has 1 aromatic rings. The Morgan fingerprint density at radius 3 is 2.32 bits per heavy atom. The molecule has 0 spiro atoms. The predicted molar refractivity (Wildman–Crippen MR) is 102 cm³/mol. The highest BCUT2D eigenvalue weighted by Crippen LogP contribution is 2.49. The molecule has 5 heteroatoms. The highest BCUT2D eigenvalue weighted by atomic mass is 31.2. The largest absolute Gasteiger partial charge is 0.475 e. The van der Waals surface area contributed by atoms with E-state index in [9.17, 15) is 4.57 Å². The van der Waals surface area contributed by atoms with Crippen LogP contribution in [0.1, 0.15) is 49.1 Å². The normalized spacial score (nSPS) is 15.4. The fourth-order valence-electron chi connectivity index (χ4n) is 3.24. The van der Waals surface area contributed by atoms with E-state index in [1.165, 1.54) is 49.0 Å². The van der Waals surface area contributed by atoms with Gasteiger partial charge in [0.15, 0.2) is 0 Å². The van der Waals surface area contributed by atoms with Crippen molar-refractivity contribution in [2.75, 3.05) is 19.8 Å². The van der Waals surface area contributed by atoms with Crippen LogP contribution in [0.2, 0.25) is 0 Å². The first-order chi connectivity index (χ1) is 12.2. The molecule has 0 unspecified atom stereocenters. The summed E-state index contributed by atoms with van der Waals surface area (Å²) in [6.07, 6.45) is 9.93. The first kappa shape index (κ1) is 20.1. The molecule has 1 aliphatic rings. The van der Waals surface area contributed by atoms with Gasteiger partial charge in [-0.1, -0.05) is 49.3 Å². The van der Waals surface area contributed by atoms with Crippen LogP contribution in [0.25, 0.3) is 0 Å². The third-order valence-corrected chi connectivity index (χ3v) is 5.82. The van der Waals surface area contributed by atoms with E-state index < -0.39 is 7.82 Å². The van der Waals surface area contributed by atoms with Crippen LogP contribution in [0.3, 0.4) is 0 Å². The lowest BCUT2D eigenvalue weighted by molar-refractivity contribution is 0.130. The van der Waals surface area contributed by atoms with Crippen molar-refractivity contribution in [1.29, 1.82) is 0 Å². The molecule has 1 saturated carbocycles. The Morgan fingerprint density at radius 2 is 1.68 bits per heavy atom. The minimum Gasteiger partial charge on any atom is -0.287 e. The zero-order chi connectivity index (χ0) is 18.0. The molecule has 0 aromatic heterocycles. The maximum atomic E-state index is 12.5. The van der Waals surface area contributed by atoms with Crippen LogP contribution in [0.4, 0.5) is 0 Å². The third kappa shape index (κ3) is 6.56. The van der Waals surface area contributed by atoms with Crippen LogP contribution >= 0.6 is 7.82 Å². The van der Waals surface area contributed by atoms with Crippen molar-refractivity contribution >= 4 is 7.82 Å². The van der Waals surface area contributed by atoms with Crippen LogP contribution < -0.4 is 0 Å². The zero-order valence-corrected chi connectivity index (χ0v) is 15.8. The fraction of sp³-hybridized carbons (Fsp3) is 0.500. The summed E-state index contributed by atoms with van der Waals surface area (Å²) in [5, 5.41) is 0. The number of phosphoric acid groups is 1. The van der Waals surface area contributed by atoms with Crippen LogP contribution in [0.5, 0.6) is 0 Å². The van der Waals surface area contributed by atoms with E-state index in [4.69, 9.17) is 13.6 Å². The van der Waals surface area contributed by atoms with Crippen molar-refractivity contribution in [3.63, 3.8) is 0 Å². The number of phosphoric ester groups is 1. The minimum atomic E-state index is -3.55. The van der Waals surface area contributed by atoms with Gasteiger partial charge in [0.25, 0.3) is 0 Å². The summed E-state index contributed by atoms with van der Waals surface area (Å²) in [5.41, 5.74) is 2.83. The monoisotopic (exact) mass is 364 g/mol. The third-order valence-electron chi connectivity index (χ3n) is 4.39. The molecule has 25 heavy (non-hydrogen) atoms. The highest BCUT2D eigenvalue weighted by Gasteiger charge is 2.25. The molecule has 138 valence electrons. The Bertz CT molecular complexity index is 577. The van der Waals surface area contributed by atoms with E-state index in [2.05, 4.69) is 37.4 Å². The van der Waals surface area contributed by atoms with Crippen molar-refractivity contribution in [2.24, 2.45) is 0 Å². The maximum absolute atomic E-state index is 12.5. The van der Waals surface area contributed by atoms with Crippen LogP contribution in [-0.2, 0) is 24.6 Å². The average molecular weight is 364 g/mol. The van der Waals surface area contributed by atoms with Crippen molar-refractivity contribution in [3.05, 3.63) is 60.7 Å². The molecule has 0 bridgehead atoms. The van der Waals surface area contributed by atoms with Gasteiger partial charge in [-0.15, -0.1) is 13.2 Å². The summed E-state index contributed by atoms with van der Waals surface area (Å²) in [7, 11) is -3.55. The van der Waals surface area contributed by atoms with Gasteiger partial charge in [0.1, 0.15) is 0 Å². The zero-order valence-electron chi connectivity index (χ0n) is 14.9. The summed E-state index contributed by atoms with van der Waals surface area (Å²) in [5.74, 6) is 0.690. The van der Waals surface area contributed by atoms with Gasteiger partial charge in [0.2, 0.25) is 0 Å². The number of hydrogen-bond donors (Lipinski definition) is 0. The lowest BCUT2D eigenvalue weighted by atomic mass is 9.91. The van der Waals surface area contributed by atoms with E-state index in [1.807, 2.05) is 0 Å². The summed E-state index contributed by atoms with van der Waals surface area (Å²) < 4.78 is 28.3. The highest BCUT2D eigenvalue weighted by molar-refractivity contribution is 7.48. The Labute approximate surface area is 151 Å². The summed E-state index contributed by atoms with van der Waals surface area (Å²) in [6.45, 7) is 7.67. The van der Waals surface area contributed by atoms with E-state index in [0.29, 0.717) is 12.5 Å². The molecule has 1 aromatic carbocycles. The van der Waals surface area contributed by atoms with Crippen LogP contribution in [-0.4, -0.2) is 19.8 Å². The topological polar surface area (TPSA) is 44.8 Å². The second kappa shape index (κ2) is 10.7. The number of aryl methyl sites for hydroxylation is 1. The van der Waals surface area contributed by atoms with Crippen molar-refractivity contribution in [2.45, 2.75) is 44.4 Å². The molecular formula is C20H29O4P. The molecule has 1 aliphatic carbocycles. The first-order valence-electron chi connectivity index (χ1n) is 9.02. The molecule has 1 fully saturated rings. The number of benzene rings is 1. The smallest absolute Gasteiger partial charge is 0.287 e. The second-order valence-corrected chi connectivity index (χ2v) is 7.90. The van der Waals surface area contributed by atoms with Gasteiger partial charge in [-0.3, -0.25) is 13.6 Å². The molecule has 0 atom stereocenters. The van der Waals surface area contributed by atoms with Gasteiger partial charge < -0.3 is 0 Å². The van der Waals surface area contributed by atoms with Crippen molar-refractivity contribution < 1.29 is 18.1 Å². The van der Waals surface area contributed by atoms with E-state index in [0.717, 1.165) is 12.8 Å². The van der Waals surface area contributed by atoms with Gasteiger partial charge in [0, 0.05) is 0 Å². The Hall–Kier alpha value is -1.19. The SMILES string of the molecule is C=CCOP(=O)(OCC=C)OCCCc1ccccc1C1CCCC1. The molecular weight excluding hydrogens is 335 g/mol. The number of hydrogen-bond acceptors (Lipinski definition) is 4. The second-order valence-electron chi connectivity index (χ2n) is 6.23. The summed E-state index contributed by atoms with van der Waals surface area (Å²) in [4.78, 5) is 0. The van der Waals surface area contributed by atoms with Crippen molar-refractivity contribution in [3.8, 4) is 0 Å². The summed E-state index contributed by atoms with van der Waals surface area (Å²) >= 11 is 0. The molecule has 0 saturated heterocycles. The Kier molecular flexibility index (Phi) is 8.63. The lowest BCUT2D eigenvalue weighted by Gasteiger charge is -2.18. The Morgan fingerprint density at radius 1 is 1.04 bits per heavy atom. The molecule has 0 N–H and O–H groups in total. The molecule has 0 heterocycles. The molecule has 2 rings (SSSR count). The number of rotatable bonds is 12. The fourth-order valence-corrected chi connectivity index (χ4v) is 4.39. The summed E-state index contributed by atoms with van der Waals surface area (Å²) in [6, 6.07) is 8.64. The molecule has 0 aliphatic heterocycles. The predicted octanol–water partition coefficient (Wildman–Crippen LogP) is 5.81. The average Bonchev–Trinajstić information content (AvgIpc) is 3.17. The van der Waals surface area contributed by atoms with Crippen molar-refractivity contribution in [1.82, 2.24) is 0 Å². The first-order valence-corrected chi connectivity index (χ1v) is 10.5. The van der Waals surface area contributed by atoms with Gasteiger partial charge in [0.05, 0.1) is 19.8 Å². The van der Waals surface area contributed by atoms with Crippen LogP contribution in [0.15, 0.2) is 49.6 Å². The lowest BCUT2D eigenvalue weighted by Crippen LogP contribution is -2.04. The van der Waals surface area contributed by atoms with E-state index in [1.54, 1.807) is 0 Å². The molecule has 0 amide bonds. The van der Waals surface area contributed by atoms with Gasteiger partial charge in [-0.25, -0.2) is 4.57 Å². The van der Waals surface area contributed by atoms with E-state index >= 15 is 0 Å². The molecule has 4 nitrogen and oxygen atoms in total. The standard InChI is InChI=1S/C20H29O4P/c1-3-15-22-25(21,23-16-4-2)24-17-9-13-19-12-7-8-14-20(19)18-10-5-6-11-18/h3-4,7-8,12,14,18H,1-2,5-6,9-11,13,15-17H2. The quantitative estimate of drug-likeness (QED) is 0.267.